The summed E-state index contributed by atoms with van der Waals surface area (Å²) < 4.78 is 33.8. The summed E-state index contributed by atoms with van der Waals surface area (Å²) in [4.78, 5) is 37.5. The van der Waals surface area contributed by atoms with Crippen molar-refractivity contribution in [1.29, 1.82) is 0 Å². The fraction of sp³-hybridized carbons (Fsp3) is 0.667. The number of phosphoric acid groups is 1. The summed E-state index contributed by atoms with van der Waals surface area (Å²) in [5, 5.41) is 0. The van der Waals surface area contributed by atoms with E-state index in [4.69, 9.17) is 18.5 Å². The molecule has 0 bridgehead atoms. The Balaban J connectivity index is 4.51. The molecule has 0 saturated heterocycles. The molecule has 0 radical (unpaired) electrons. The van der Waals surface area contributed by atoms with Crippen LogP contribution in [0.15, 0.2) is 85.1 Å². The van der Waals surface area contributed by atoms with Crippen molar-refractivity contribution in [2.75, 3.05) is 47.5 Å². The van der Waals surface area contributed by atoms with E-state index in [1.807, 2.05) is 33.3 Å². The third-order valence-electron chi connectivity index (χ3n) is 8.91. The standard InChI is InChI=1S/C48H82NO8P/c1-6-8-10-12-14-16-18-20-22-23-24-25-27-29-31-33-35-37-39-41-48(51)57-46(45-56-58(52,53)55-43-42-49(3,4)5)44-54-47(50)40-38-36-34-32-30-28-26-21-19-17-15-13-11-9-7-2/h8,10,14,16-17,19-20,22,24-25,29,31,35,37,46H,6-7,9,11-13,15,18,21,23,26-28,30,32-34,36,38-45H2,1-5H3/b10-8+,16-14+,19-17+,22-20+,25-24+,31-29+,37-35+/t46-/m1/s1. The second-order valence-corrected chi connectivity index (χ2v) is 17.1. The molecule has 10 heteroatoms. The third kappa shape index (κ3) is 42.8. The van der Waals surface area contributed by atoms with Gasteiger partial charge in [0, 0.05) is 12.8 Å². The molecule has 0 aliphatic heterocycles. The number of allylic oxidation sites excluding steroid dienone is 14. The van der Waals surface area contributed by atoms with Crippen LogP contribution in [0.3, 0.4) is 0 Å². The molecule has 332 valence electrons. The molecule has 0 heterocycles. The number of quaternary nitrogens is 1. The molecule has 0 N–H and O–H groups in total. The van der Waals surface area contributed by atoms with Gasteiger partial charge < -0.3 is 27.9 Å². The molecular weight excluding hydrogens is 750 g/mol. The van der Waals surface area contributed by atoms with Crippen LogP contribution in [0.25, 0.3) is 0 Å². The summed E-state index contributed by atoms with van der Waals surface area (Å²) in [5.41, 5.74) is 0. The highest BCUT2D eigenvalue weighted by Crippen LogP contribution is 2.38. The van der Waals surface area contributed by atoms with E-state index in [2.05, 4.69) is 86.8 Å². The average Bonchev–Trinajstić information content (AvgIpc) is 3.17. The van der Waals surface area contributed by atoms with Crippen molar-refractivity contribution < 1.29 is 42.1 Å². The highest BCUT2D eigenvalue weighted by atomic mass is 31.2. The first-order chi connectivity index (χ1) is 28.0. The van der Waals surface area contributed by atoms with E-state index in [0.29, 0.717) is 23.9 Å². The molecule has 9 nitrogen and oxygen atoms in total. The minimum atomic E-state index is -4.65. The fourth-order valence-electron chi connectivity index (χ4n) is 5.44. The molecule has 0 aliphatic carbocycles. The van der Waals surface area contributed by atoms with E-state index in [1.54, 1.807) is 0 Å². The van der Waals surface area contributed by atoms with Gasteiger partial charge in [-0.1, -0.05) is 150 Å². The summed E-state index contributed by atoms with van der Waals surface area (Å²) in [5.74, 6) is -0.945. The summed E-state index contributed by atoms with van der Waals surface area (Å²) in [6.45, 7) is 3.99. The molecule has 0 aromatic carbocycles. The predicted octanol–water partition coefficient (Wildman–Crippen LogP) is 12.2. The van der Waals surface area contributed by atoms with Crippen molar-refractivity contribution in [3.8, 4) is 0 Å². The SMILES string of the molecule is CC/C=C/C/C=C/C/C=C/C/C=C/C/C=C/C/C=C/CCC(=O)O[C@H](COC(=O)CCCCCCCCC/C=C/CCCCCC)COP(=O)([O-])OCC[N+](C)(C)C. The highest BCUT2D eigenvalue weighted by molar-refractivity contribution is 7.45. The van der Waals surface area contributed by atoms with Gasteiger partial charge in [0.15, 0.2) is 6.10 Å². The molecule has 0 spiro atoms. The molecule has 1 unspecified atom stereocenters. The first-order valence-corrected chi connectivity index (χ1v) is 23.8. The third-order valence-corrected chi connectivity index (χ3v) is 9.88. The van der Waals surface area contributed by atoms with Crippen LogP contribution in [0, 0.1) is 0 Å². The van der Waals surface area contributed by atoms with Gasteiger partial charge in [-0.3, -0.25) is 14.2 Å². The Labute approximate surface area is 354 Å². The number of unbranched alkanes of at least 4 members (excludes halogenated alkanes) is 11. The zero-order chi connectivity index (χ0) is 42.8. The zero-order valence-corrected chi connectivity index (χ0v) is 38.1. The van der Waals surface area contributed by atoms with Gasteiger partial charge in [0.2, 0.25) is 0 Å². The number of nitrogens with zero attached hydrogens (tertiary/aromatic N) is 1. The van der Waals surface area contributed by atoms with Crippen molar-refractivity contribution in [2.45, 2.75) is 161 Å². The number of phosphoric ester groups is 1. The van der Waals surface area contributed by atoms with Crippen molar-refractivity contribution >= 4 is 19.8 Å². The van der Waals surface area contributed by atoms with E-state index < -0.39 is 32.5 Å². The smallest absolute Gasteiger partial charge is 0.306 e. The number of likely N-dealkylation sites (N-methyl/N-ethyl adjacent to an activating group) is 1. The maximum atomic E-state index is 12.6. The zero-order valence-electron chi connectivity index (χ0n) is 37.2. The Morgan fingerprint density at radius 2 is 1.02 bits per heavy atom. The Morgan fingerprint density at radius 3 is 1.53 bits per heavy atom. The van der Waals surface area contributed by atoms with Gasteiger partial charge in [0.25, 0.3) is 7.82 Å². The minimum absolute atomic E-state index is 0.0493. The van der Waals surface area contributed by atoms with E-state index in [9.17, 15) is 19.0 Å². The van der Waals surface area contributed by atoms with Crippen LogP contribution in [0.2, 0.25) is 0 Å². The summed E-state index contributed by atoms with van der Waals surface area (Å²) in [7, 11) is 1.10. The average molecular weight is 832 g/mol. The minimum Gasteiger partial charge on any atom is -0.756 e. The quantitative estimate of drug-likeness (QED) is 0.0198. The molecule has 0 saturated carbocycles. The predicted molar refractivity (Wildman–Crippen MR) is 240 cm³/mol. The molecule has 58 heavy (non-hydrogen) atoms. The lowest BCUT2D eigenvalue weighted by atomic mass is 10.1. The molecule has 0 amide bonds. The van der Waals surface area contributed by atoms with Gasteiger partial charge in [-0.25, -0.2) is 0 Å². The number of esters is 2. The highest BCUT2D eigenvalue weighted by Gasteiger charge is 2.21. The van der Waals surface area contributed by atoms with Crippen LogP contribution >= 0.6 is 7.82 Å². The van der Waals surface area contributed by atoms with Crippen LogP contribution in [0.1, 0.15) is 155 Å². The first-order valence-electron chi connectivity index (χ1n) is 22.3. The Morgan fingerprint density at radius 1 is 0.552 bits per heavy atom. The van der Waals surface area contributed by atoms with Crippen molar-refractivity contribution in [3.63, 3.8) is 0 Å². The maximum absolute atomic E-state index is 12.6. The second-order valence-electron chi connectivity index (χ2n) is 15.7. The van der Waals surface area contributed by atoms with Crippen LogP contribution < -0.4 is 4.89 Å². The van der Waals surface area contributed by atoms with Gasteiger partial charge in [-0.15, -0.1) is 0 Å². The van der Waals surface area contributed by atoms with E-state index in [0.717, 1.165) is 64.2 Å². The molecule has 0 aromatic rings. The largest absolute Gasteiger partial charge is 0.756 e. The summed E-state index contributed by atoms with van der Waals surface area (Å²) in [6.07, 6.45) is 50.5. The fourth-order valence-corrected chi connectivity index (χ4v) is 6.17. The van der Waals surface area contributed by atoms with Crippen LogP contribution in [0.5, 0.6) is 0 Å². The normalized spacial score (nSPS) is 14.4. The van der Waals surface area contributed by atoms with Gasteiger partial charge in [-0.05, 0) is 77.0 Å². The lowest BCUT2D eigenvalue weighted by molar-refractivity contribution is -0.870. The molecule has 0 fully saturated rings. The van der Waals surface area contributed by atoms with Crippen LogP contribution in [-0.4, -0.2) is 70.0 Å². The van der Waals surface area contributed by atoms with Gasteiger partial charge in [-0.2, -0.15) is 0 Å². The lowest BCUT2D eigenvalue weighted by Gasteiger charge is -2.28. The molecular formula is C48H82NO8P. The number of hydrogen-bond donors (Lipinski definition) is 0. The Kier molecular flexibility index (Phi) is 37.7. The molecule has 2 atom stereocenters. The number of carbonyl (C=O) groups excluding carboxylic acids is 2. The lowest BCUT2D eigenvalue weighted by Crippen LogP contribution is -2.37. The van der Waals surface area contributed by atoms with E-state index in [1.165, 1.54) is 51.4 Å². The summed E-state index contributed by atoms with van der Waals surface area (Å²) >= 11 is 0. The van der Waals surface area contributed by atoms with Gasteiger partial charge in [0.05, 0.1) is 27.7 Å². The van der Waals surface area contributed by atoms with Gasteiger partial charge >= 0.3 is 11.9 Å². The molecule has 0 rings (SSSR count). The maximum Gasteiger partial charge on any atom is 0.306 e. The van der Waals surface area contributed by atoms with Crippen LogP contribution in [0.4, 0.5) is 0 Å². The van der Waals surface area contributed by atoms with E-state index >= 15 is 0 Å². The monoisotopic (exact) mass is 832 g/mol. The summed E-state index contributed by atoms with van der Waals surface area (Å²) in [6, 6.07) is 0. The number of hydrogen-bond acceptors (Lipinski definition) is 8. The topological polar surface area (TPSA) is 111 Å². The second kappa shape index (κ2) is 39.6. The Bertz CT molecular complexity index is 1260. The van der Waals surface area contributed by atoms with Crippen molar-refractivity contribution in [3.05, 3.63) is 85.1 Å². The first kappa shape index (κ1) is 55.2. The molecule has 0 aromatic heterocycles. The van der Waals surface area contributed by atoms with Gasteiger partial charge in [0.1, 0.15) is 19.8 Å². The van der Waals surface area contributed by atoms with E-state index in [-0.39, 0.29) is 26.1 Å². The number of carbonyl (C=O) groups is 2. The van der Waals surface area contributed by atoms with Crippen molar-refractivity contribution in [1.82, 2.24) is 0 Å². The van der Waals surface area contributed by atoms with Crippen molar-refractivity contribution in [2.24, 2.45) is 0 Å². The Hall–Kier alpha value is -2.81. The number of ether oxygens (including phenoxy) is 2. The van der Waals surface area contributed by atoms with Crippen LogP contribution in [-0.2, 0) is 32.7 Å². The molecule has 0 aliphatic rings. The number of rotatable bonds is 39.